The molecule has 4 heteroatoms. The third-order valence-electron chi connectivity index (χ3n) is 8.27. The van der Waals surface area contributed by atoms with Crippen LogP contribution in [0.5, 0.6) is 0 Å². The minimum Gasteiger partial charge on any atom is -0.300 e. The first-order valence-electron chi connectivity index (χ1n) is 9.66. The van der Waals surface area contributed by atoms with Crippen LogP contribution in [0.3, 0.4) is 0 Å². The van der Waals surface area contributed by atoms with Crippen molar-refractivity contribution < 1.29 is 19.2 Å². The van der Waals surface area contributed by atoms with Crippen molar-refractivity contribution in [2.75, 3.05) is 0 Å². The van der Waals surface area contributed by atoms with Gasteiger partial charge in [0.05, 0.1) is 5.41 Å². The molecule has 3 fully saturated rings. The number of carbonyl (C=O) groups excluding carboxylic acids is 4. The third-order valence-corrected chi connectivity index (χ3v) is 8.27. The third kappa shape index (κ3) is 1.96. The van der Waals surface area contributed by atoms with Gasteiger partial charge in [0.2, 0.25) is 11.6 Å². The van der Waals surface area contributed by atoms with Gasteiger partial charge in [-0.3, -0.25) is 19.2 Å². The molecule has 4 aliphatic rings. The van der Waals surface area contributed by atoms with Crippen LogP contribution >= 0.6 is 0 Å². The van der Waals surface area contributed by atoms with E-state index < -0.39 is 22.8 Å². The summed E-state index contributed by atoms with van der Waals surface area (Å²) in [7, 11) is 0. The van der Waals surface area contributed by atoms with Gasteiger partial charge in [-0.05, 0) is 80.8 Å². The molecule has 0 aromatic rings. The van der Waals surface area contributed by atoms with Gasteiger partial charge in [-0.15, -0.1) is 0 Å². The number of allylic oxidation sites excluding steroid dienone is 2. The SMILES string of the molecule is C=C1C[C@@H]2[C@H](CC[C@]3(C)[C@@H](C(C)=O)CC[C@@H]23)[C@@]2(C)C(=O)C(=O)C(=O)C=C12. The van der Waals surface area contributed by atoms with Crippen molar-refractivity contribution in [3.63, 3.8) is 0 Å². The molecule has 0 N–H and O–H groups in total. The Balaban J connectivity index is 1.79. The summed E-state index contributed by atoms with van der Waals surface area (Å²) in [5.74, 6) is -1.12. The summed E-state index contributed by atoms with van der Waals surface area (Å²) in [5.41, 5.74) is 0.541. The molecule has 26 heavy (non-hydrogen) atoms. The summed E-state index contributed by atoms with van der Waals surface area (Å²) in [6.07, 6.45) is 5.74. The fourth-order valence-corrected chi connectivity index (χ4v) is 7.01. The number of hydrogen-bond donors (Lipinski definition) is 0. The highest BCUT2D eigenvalue weighted by molar-refractivity contribution is 6.68. The molecule has 0 amide bonds. The average Bonchev–Trinajstić information content (AvgIpc) is 2.93. The monoisotopic (exact) mass is 354 g/mol. The van der Waals surface area contributed by atoms with Crippen molar-refractivity contribution in [1.29, 1.82) is 0 Å². The van der Waals surface area contributed by atoms with Gasteiger partial charge >= 0.3 is 0 Å². The summed E-state index contributed by atoms with van der Waals surface area (Å²) >= 11 is 0. The number of rotatable bonds is 1. The summed E-state index contributed by atoms with van der Waals surface area (Å²) in [6.45, 7) is 9.94. The van der Waals surface area contributed by atoms with E-state index in [2.05, 4.69) is 13.5 Å². The molecule has 0 aromatic heterocycles. The van der Waals surface area contributed by atoms with Gasteiger partial charge in [-0.1, -0.05) is 19.1 Å². The second-order valence-electron chi connectivity index (χ2n) is 9.25. The Bertz CT molecular complexity index is 803. The number of hydrogen-bond acceptors (Lipinski definition) is 4. The molecule has 4 nitrogen and oxygen atoms in total. The number of ketones is 4. The molecule has 6 atom stereocenters. The predicted octanol–water partition coefficient (Wildman–Crippen LogP) is 3.25. The molecular formula is C22H26O4. The van der Waals surface area contributed by atoms with Gasteiger partial charge in [0.25, 0.3) is 5.78 Å². The Labute approximate surface area is 154 Å². The summed E-state index contributed by atoms with van der Waals surface area (Å²) in [6, 6.07) is 0. The van der Waals surface area contributed by atoms with Gasteiger partial charge in [0.15, 0.2) is 0 Å². The lowest BCUT2D eigenvalue weighted by Gasteiger charge is -2.57. The largest absolute Gasteiger partial charge is 0.300 e. The summed E-state index contributed by atoms with van der Waals surface area (Å²) in [5, 5.41) is 0. The zero-order valence-corrected chi connectivity index (χ0v) is 15.8. The van der Waals surface area contributed by atoms with Crippen LogP contribution in [0.4, 0.5) is 0 Å². The standard InChI is InChI=1S/C22H26O4/c1-11-9-13-15-6-5-14(12(2)23)21(15,3)8-7-16(13)22(4)17(11)10-18(24)19(25)20(22)26/h10,13-16H,1,5-9H2,2-4H3/t13-,14+,15-,16-,21+,22+/m0/s1. The van der Waals surface area contributed by atoms with E-state index in [1.807, 2.05) is 6.92 Å². The molecule has 138 valence electrons. The predicted molar refractivity (Wildman–Crippen MR) is 96.2 cm³/mol. The highest BCUT2D eigenvalue weighted by Crippen LogP contribution is 2.66. The van der Waals surface area contributed by atoms with Crippen molar-refractivity contribution in [3.8, 4) is 0 Å². The van der Waals surface area contributed by atoms with E-state index in [1.165, 1.54) is 6.08 Å². The Kier molecular flexibility index (Phi) is 3.61. The first-order valence-corrected chi connectivity index (χ1v) is 9.66. The van der Waals surface area contributed by atoms with Crippen molar-refractivity contribution in [3.05, 3.63) is 23.8 Å². The van der Waals surface area contributed by atoms with Crippen LogP contribution in [-0.4, -0.2) is 23.1 Å². The quantitative estimate of drug-likeness (QED) is 0.678. The van der Waals surface area contributed by atoms with Crippen LogP contribution in [0.15, 0.2) is 23.8 Å². The molecule has 0 saturated heterocycles. The van der Waals surface area contributed by atoms with Crippen LogP contribution in [-0.2, 0) is 19.2 Å². The van der Waals surface area contributed by atoms with Crippen LogP contribution < -0.4 is 0 Å². The first-order chi connectivity index (χ1) is 12.1. The molecule has 0 aromatic carbocycles. The number of Topliss-reactive ketones (excluding diaryl/α,β-unsaturated/α-hetero) is 3. The maximum absolute atomic E-state index is 12.9. The minimum absolute atomic E-state index is 0.0254. The zero-order valence-electron chi connectivity index (χ0n) is 15.8. The smallest absolute Gasteiger partial charge is 0.269 e. The summed E-state index contributed by atoms with van der Waals surface area (Å²) < 4.78 is 0. The molecule has 0 unspecified atom stereocenters. The van der Waals surface area contributed by atoms with Crippen molar-refractivity contribution in [2.45, 2.75) is 52.9 Å². The number of fused-ring (bicyclic) bond motifs is 5. The van der Waals surface area contributed by atoms with E-state index in [1.54, 1.807) is 6.92 Å². The Morgan fingerprint density at radius 2 is 1.81 bits per heavy atom. The van der Waals surface area contributed by atoms with E-state index in [9.17, 15) is 19.2 Å². The normalized spacial score (nSPS) is 45.0. The van der Waals surface area contributed by atoms with E-state index in [0.29, 0.717) is 11.5 Å². The van der Waals surface area contributed by atoms with Gasteiger partial charge in [0.1, 0.15) is 5.78 Å². The van der Waals surface area contributed by atoms with E-state index >= 15 is 0 Å². The van der Waals surface area contributed by atoms with Crippen LogP contribution in [0.25, 0.3) is 0 Å². The molecule has 4 rings (SSSR count). The van der Waals surface area contributed by atoms with E-state index in [4.69, 9.17) is 0 Å². The Morgan fingerprint density at radius 1 is 1.12 bits per heavy atom. The maximum atomic E-state index is 12.9. The van der Waals surface area contributed by atoms with E-state index in [0.717, 1.165) is 37.7 Å². The molecular weight excluding hydrogens is 328 g/mol. The lowest BCUT2D eigenvalue weighted by Crippen LogP contribution is -2.56. The molecule has 0 radical (unpaired) electrons. The van der Waals surface area contributed by atoms with Crippen LogP contribution in [0.1, 0.15) is 52.9 Å². The maximum Gasteiger partial charge on any atom is 0.269 e. The van der Waals surface area contributed by atoms with Crippen molar-refractivity contribution >= 4 is 23.1 Å². The minimum atomic E-state index is -0.930. The highest BCUT2D eigenvalue weighted by Gasteiger charge is 2.63. The molecule has 4 aliphatic carbocycles. The second kappa shape index (κ2) is 5.34. The molecule has 0 heterocycles. The second-order valence-corrected chi connectivity index (χ2v) is 9.25. The van der Waals surface area contributed by atoms with Gasteiger partial charge in [0, 0.05) is 5.92 Å². The Morgan fingerprint density at radius 3 is 2.46 bits per heavy atom. The van der Waals surface area contributed by atoms with Gasteiger partial charge in [-0.2, -0.15) is 0 Å². The van der Waals surface area contributed by atoms with E-state index in [-0.39, 0.29) is 29.0 Å². The lowest BCUT2D eigenvalue weighted by molar-refractivity contribution is -0.151. The van der Waals surface area contributed by atoms with Crippen LogP contribution in [0, 0.1) is 34.5 Å². The van der Waals surface area contributed by atoms with Gasteiger partial charge < -0.3 is 0 Å². The fraction of sp³-hybridized carbons (Fsp3) is 0.636. The van der Waals surface area contributed by atoms with Crippen molar-refractivity contribution in [1.82, 2.24) is 0 Å². The zero-order chi connectivity index (χ0) is 19.0. The van der Waals surface area contributed by atoms with Gasteiger partial charge in [-0.25, -0.2) is 0 Å². The number of carbonyl (C=O) groups is 4. The molecule has 0 bridgehead atoms. The fourth-order valence-electron chi connectivity index (χ4n) is 7.01. The Hall–Kier alpha value is -1.84. The summed E-state index contributed by atoms with van der Waals surface area (Å²) in [4.78, 5) is 49.2. The van der Waals surface area contributed by atoms with Crippen molar-refractivity contribution in [2.24, 2.45) is 34.5 Å². The van der Waals surface area contributed by atoms with Crippen LogP contribution in [0.2, 0.25) is 0 Å². The molecule has 0 spiro atoms. The molecule has 0 aliphatic heterocycles. The first kappa shape index (κ1) is 17.6. The molecule has 3 saturated carbocycles. The highest BCUT2D eigenvalue weighted by atomic mass is 16.2. The topological polar surface area (TPSA) is 68.3 Å². The lowest BCUT2D eigenvalue weighted by atomic mass is 9.45. The average molecular weight is 354 g/mol.